The third kappa shape index (κ3) is 4.73. The van der Waals surface area contributed by atoms with Crippen molar-refractivity contribution in [2.45, 2.75) is 12.0 Å². The SMILES string of the molecule is O=C(c1ccc2c(c1)OC(c1ccccc1)(c1ccccc1)O2)N1CCN(c2ccc(Cl)c(C(F)(F)F)c2)CC1. The zero-order valence-electron chi connectivity index (χ0n) is 21.2. The number of alkyl halides is 3. The number of carbonyl (C=O) groups excluding carboxylic acids is 1. The van der Waals surface area contributed by atoms with Gasteiger partial charge in [0.05, 0.1) is 10.6 Å². The van der Waals surface area contributed by atoms with Gasteiger partial charge in [0.25, 0.3) is 5.91 Å². The van der Waals surface area contributed by atoms with Gasteiger partial charge in [-0.3, -0.25) is 4.79 Å². The average molecular weight is 565 g/mol. The topological polar surface area (TPSA) is 42.0 Å². The summed E-state index contributed by atoms with van der Waals surface area (Å²) in [4.78, 5) is 16.9. The first-order valence-corrected chi connectivity index (χ1v) is 13.2. The second-order valence-corrected chi connectivity index (χ2v) is 10.1. The number of hydrogen-bond acceptors (Lipinski definition) is 4. The predicted molar refractivity (Wildman–Crippen MR) is 146 cm³/mol. The van der Waals surface area contributed by atoms with E-state index in [0.29, 0.717) is 48.9 Å². The Hall–Kier alpha value is -4.17. The Morgan fingerprint density at radius 2 is 1.35 bits per heavy atom. The Kier molecular flexibility index (Phi) is 6.58. The molecule has 0 aromatic heterocycles. The van der Waals surface area contributed by atoms with Crippen LogP contribution in [-0.4, -0.2) is 37.0 Å². The van der Waals surface area contributed by atoms with Crippen LogP contribution in [-0.2, 0) is 12.0 Å². The molecule has 2 aliphatic heterocycles. The van der Waals surface area contributed by atoms with E-state index in [9.17, 15) is 18.0 Å². The maximum Gasteiger partial charge on any atom is 0.417 e. The van der Waals surface area contributed by atoms with Gasteiger partial charge < -0.3 is 19.3 Å². The highest BCUT2D eigenvalue weighted by Crippen LogP contribution is 2.48. The van der Waals surface area contributed by atoms with Crippen LogP contribution in [0.15, 0.2) is 97.1 Å². The first-order chi connectivity index (χ1) is 19.2. The summed E-state index contributed by atoms with van der Waals surface area (Å²) in [6.07, 6.45) is -4.54. The second-order valence-electron chi connectivity index (χ2n) is 9.66. The van der Waals surface area contributed by atoms with Crippen molar-refractivity contribution in [1.82, 2.24) is 4.90 Å². The normalized spacial score (nSPS) is 16.2. The van der Waals surface area contributed by atoms with Gasteiger partial charge in [0.2, 0.25) is 0 Å². The molecule has 1 fully saturated rings. The fourth-order valence-corrected chi connectivity index (χ4v) is 5.36. The van der Waals surface area contributed by atoms with Crippen molar-refractivity contribution in [2.24, 2.45) is 0 Å². The number of piperazine rings is 1. The van der Waals surface area contributed by atoms with Gasteiger partial charge in [-0.25, -0.2) is 0 Å². The summed E-state index contributed by atoms with van der Waals surface area (Å²) in [5.74, 6) is -0.392. The van der Waals surface area contributed by atoms with Crippen molar-refractivity contribution in [3.05, 3.63) is 124 Å². The number of anilines is 1. The lowest BCUT2D eigenvalue weighted by Gasteiger charge is -2.36. The van der Waals surface area contributed by atoms with Crippen molar-refractivity contribution < 1.29 is 27.4 Å². The smallest absolute Gasteiger partial charge is 0.417 e. The number of benzene rings is 4. The van der Waals surface area contributed by atoms with E-state index in [4.69, 9.17) is 21.1 Å². The second kappa shape index (κ2) is 10.1. The van der Waals surface area contributed by atoms with Gasteiger partial charge in [-0.2, -0.15) is 13.2 Å². The third-order valence-electron chi connectivity index (χ3n) is 7.19. The molecular weight excluding hydrogens is 541 g/mol. The summed E-state index contributed by atoms with van der Waals surface area (Å²) in [7, 11) is 0. The Morgan fingerprint density at radius 1 is 0.750 bits per heavy atom. The monoisotopic (exact) mass is 564 g/mol. The predicted octanol–water partition coefficient (Wildman–Crippen LogP) is 6.99. The van der Waals surface area contributed by atoms with E-state index in [1.54, 1.807) is 29.2 Å². The van der Waals surface area contributed by atoms with Gasteiger partial charge in [-0.05, 0) is 36.4 Å². The molecule has 0 N–H and O–H groups in total. The molecule has 0 saturated carbocycles. The number of ether oxygens (including phenoxy) is 2. The van der Waals surface area contributed by atoms with Crippen molar-refractivity contribution >= 4 is 23.2 Å². The molecule has 5 nitrogen and oxygen atoms in total. The molecule has 4 aromatic carbocycles. The van der Waals surface area contributed by atoms with Crippen LogP contribution < -0.4 is 14.4 Å². The van der Waals surface area contributed by atoms with Gasteiger partial charge in [0, 0.05) is 48.6 Å². The molecule has 2 aliphatic rings. The number of halogens is 4. The minimum absolute atomic E-state index is 0.185. The molecule has 0 atom stereocenters. The average Bonchev–Trinajstić information content (AvgIpc) is 3.38. The van der Waals surface area contributed by atoms with Crippen LogP contribution in [0.3, 0.4) is 0 Å². The highest BCUT2D eigenvalue weighted by atomic mass is 35.5. The minimum atomic E-state index is -4.54. The first-order valence-electron chi connectivity index (χ1n) is 12.8. The number of hydrogen-bond donors (Lipinski definition) is 0. The quantitative estimate of drug-likeness (QED) is 0.268. The van der Waals surface area contributed by atoms with Crippen LogP contribution in [0, 0.1) is 0 Å². The van der Waals surface area contributed by atoms with Gasteiger partial charge in [-0.15, -0.1) is 0 Å². The Morgan fingerprint density at radius 3 is 1.95 bits per heavy atom. The Labute approximate surface area is 234 Å². The molecule has 0 bridgehead atoms. The summed E-state index contributed by atoms with van der Waals surface area (Å²) < 4.78 is 52.8. The lowest BCUT2D eigenvalue weighted by Crippen LogP contribution is -2.48. The van der Waals surface area contributed by atoms with Gasteiger partial charge in [-0.1, -0.05) is 72.3 Å². The maximum absolute atomic E-state index is 13.4. The summed E-state index contributed by atoms with van der Waals surface area (Å²) in [6, 6.07) is 28.2. The molecule has 2 heterocycles. The lowest BCUT2D eigenvalue weighted by molar-refractivity contribution is -0.137. The van der Waals surface area contributed by atoms with Crippen LogP contribution in [0.1, 0.15) is 27.0 Å². The standard InChI is InChI=1S/C31H24ClF3N2O3/c32-26-13-12-24(20-25(26)31(33,34)35)36-15-17-37(18-16-36)29(38)21-11-14-27-28(19-21)40-30(39-27,22-7-3-1-4-8-22)23-9-5-2-6-10-23/h1-14,19-20H,15-18H2. The van der Waals surface area contributed by atoms with Gasteiger partial charge >= 0.3 is 12.0 Å². The van der Waals surface area contributed by atoms with Crippen LogP contribution in [0.5, 0.6) is 11.5 Å². The molecule has 1 amide bonds. The van der Waals surface area contributed by atoms with E-state index in [0.717, 1.165) is 17.2 Å². The van der Waals surface area contributed by atoms with Gasteiger partial charge in [0.15, 0.2) is 11.5 Å². The van der Waals surface area contributed by atoms with E-state index in [1.807, 2.05) is 65.6 Å². The van der Waals surface area contributed by atoms with E-state index >= 15 is 0 Å². The van der Waals surface area contributed by atoms with E-state index in [1.165, 1.54) is 6.07 Å². The molecule has 9 heteroatoms. The van der Waals surface area contributed by atoms with E-state index < -0.39 is 17.5 Å². The summed E-state index contributed by atoms with van der Waals surface area (Å²) in [5.41, 5.74) is 1.63. The summed E-state index contributed by atoms with van der Waals surface area (Å²) >= 11 is 5.77. The van der Waals surface area contributed by atoms with Crippen LogP contribution in [0.4, 0.5) is 18.9 Å². The number of rotatable bonds is 4. The van der Waals surface area contributed by atoms with Gasteiger partial charge in [0.1, 0.15) is 0 Å². The molecule has 204 valence electrons. The van der Waals surface area contributed by atoms with E-state index in [-0.39, 0.29) is 10.9 Å². The molecule has 0 radical (unpaired) electrons. The van der Waals surface area contributed by atoms with Crippen LogP contribution >= 0.6 is 11.6 Å². The first kappa shape index (κ1) is 26.1. The molecule has 0 aliphatic carbocycles. The number of amides is 1. The van der Waals surface area contributed by atoms with Crippen molar-refractivity contribution in [2.75, 3.05) is 31.1 Å². The molecule has 1 saturated heterocycles. The van der Waals surface area contributed by atoms with Crippen molar-refractivity contribution in [3.8, 4) is 11.5 Å². The minimum Gasteiger partial charge on any atom is -0.440 e. The number of fused-ring (bicyclic) bond motifs is 1. The molecule has 6 rings (SSSR count). The summed E-state index contributed by atoms with van der Waals surface area (Å²) in [5, 5.41) is -0.337. The third-order valence-corrected chi connectivity index (χ3v) is 7.52. The van der Waals surface area contributed by atoms with Crippen LogP contribution in [0.25, 0.3) is 0 Å². The number of carbonyl (C=O) groups is 1. The zero-order chi connectivity index (χ0) is 27.9. The molecule has 0 unspecified atom stereocenters. The van der Waals surface area contributed by atoms with E-state index in [2.05, 4.69) is 0 Å². The molecule has 4 aromatic rings. The summed E-state index contributed by atoms with van der Waals surface area (Å²) in [6.45, 7) is 1.49. The Bertz CT molecular complexity index is 1500. The fraction of sp³-hybridized carbons (Fsp3) is 0.194. The number of nitrogens with zero attached hydrogens (tertiary/aromatic N) is 2. The lowest BCUT2D eigenvalue weighted by atomic mass is 9.97. The zero-order valence-corrected chi connectivity index (χ0v) is 22.0. The largest absolute Gasteiger partial charge is 0.440 e. The molecule has 0 spiro atoms. The molecule has 40 heavy (non-hydrogen) atoms. The van der Waals surface area contributed by atoms with Crippen LogP contribution in [0.2, 0.25) is 5.02 Å². The fourth-order valence-electron chi connectivity index (χ4n) is 5.13. The highest BCUT2D eigenvalue weighted by Gasteiger charge is 2.45. The molecular formula is C31H24ClF3N2O3. The maximum atomic E-state index is 13.4. The highest BCUT2D eigenvalue weighted by molar-refractivity contribution is 6.31. The van der Waals surface area contributed by atoms with Crippen molar-refractivity contribution in [3.63, 3.8) is 0 Å². The Balaban J connectivity index is 1.19. The van der Waals surface area contributed by atoms with Crippen molar-refractivity contribution in [1.29, 1.82) is 0 Å².